The van der Waals surface area contributed by atoms with Gasteiger partial charge in [-0.15, -0.1) is 11.3 Å². The lowest BCUT2D eigenvalue weighted by Crippen LogP contribution is -2.23. The number of hydrogen-bond donors (Lipinski definition) is 1. The highest BCUT2D eigenvalue weighted by Gasteiger charge is 2.08. The number of nitrogens with one attached hydrogen (secondary N) is 1. The summed E-state index contributed by atoms with van der Waals surface area (Å²) in [5.41, 5.74) is 3.50. The average molecular weight is 330 g/mol. The molecule has 124 valence electrons. The molecule has 0 saturated heterocycles. The van der Waals surface area contributed by atoms with Gasteiger partial charge in [-0.3, -0.25) is 4.79 Å². The number of carbonyl (C=O) groups excluding carboxylic acids is 1. The van der Waals surface area contributed by atoms with E-state index in [9.17, 15) is 4.79 Å². The lowest BCUT2D eigenvalue weighted by molar-refractivity contribution is -0.121. The zero-order valence-corrected chi connectivity index (χ0v) is 15.2. The van der Waals surface area contributed by atoms with Crippen molar-refractivity contribution >= 4 is 17.2 Å². The van der Waals surface area contributed by atoms with Gasteiger partial charge in [-0.2, -0.15) is 0 Å². The molecule has 0 aliphatic heterocycles. The van der Waals surface area contributed by atoms with E-state index < -0.39 is 0 Å². The molecular formula is C19H26N2OS. The van der Waals surface area contributed by atoms with Crippen LogP contribution >= 0.6 is 11.3 Å². The van der Waals surface area contributed by atoms with E-state index in [0.29, 0.717) is 24.8 Å². The van der Waals surface area contributed by atoms with E-state index in [0.717, 1.165) is 17.1 Å². The molecule has 0 aliphatic rings. The number of carbonyl (C=O) groups is 1. The van der Waals surface area contributed by atoms with Crippen molar-refractivity contribution in [2.45, 2.75) is 58.9 Å². The molecule has 0 atom stereocenters. The van der Waals surface area contributed by atoms with Gasteiger partial charge in [-0.25, -0.2) is 4.98 Å². The van der Waals surface area contributed by atoms with Crippen LogP contribution in [0.5, 0.6) is 0 Å². The monoisotopic (exact) mass is 330 g/mol. The summed E-state index contributed by atoms with van der Waals surface area (Å²) >= 11 is 1.66. The van der Waals surface area contributed by atoms with Crippen molar-refractivity contribution in [3.63, 3.8) is 0 Å². The number of benzene rings is 1. The van der Waals surface area contributed by atoms with Crippen molar-refractivity contribution in [1.82, 2.24) is 10.3 Å². The summed E-state index contributed by atoms with van der Waals surface area (Å²) in [4.78, 5) is 16.5. The van der Waals surface area contributed by atoms with Crippen molar-refractivity contribution < 1.29 is 4.79 Å². The van der Waals surface area contributed by atoms with Crippen LogP contribution in [0, 0.1) is 0 Å². The summed E-state index contributed by atoms with van der Waals surface area (Å²) < 4.78 is 0. The maximum Gasteiger partial charge on any atom is 0.220 e. The molecule has 3 nitrogen and oxygen atoms in total. The van der Waals surface area contributed by atoms with E-state index in [1.54, 1.807) is 11.3 Å². The first-order valence-electron chi connectivity index (χ1n) is 8.25. The van der Waals surface area contributed by atoms with E-state index in [2.05, 4.69) is 62.3 Å². The number of thiazole rings is 1. The van der Waals surface area contributed by atoms with Gasteiger partial charge in [0.15, 0.2) is 0 Å². The standard InChI is InChI=1S/C19H26N2OS/c1-13(2)16-8-5-15(6-9-16)7-10-18(22)20-11-17-12-23-19(21-17)14(3)4/h5-6,8-9,12-14H,7,10-11H2,1-4H3,(H,20,22). The Bertz CT molecular complexity index is 629. The van der Waals surface area contributed by atoms with Crippen LogP contribution in [-0.4, -0.2) is 10.9 Å². The second kappa shape index (κ2) is 8.25. The van der Waals surface area contributed by atoms with E-state index in [1.807, 2.05) is 5.38 Å². The highest BCUT2D eigenvalue weighted by Crippen LogP contribution is 2.19. The molecule has 4 heteroatoms. The van der Waals surface area contributed by atoms with Gasteiger partial charge in [0.05, 0.1) is 17.2 Å². The fraction of sp³-hybridized carbons (Fsp3) is 0.474. The zero-order valence-electron chi connectivity index (χ0n) is 14.4. The smallest absolute Gasteiger partial charge is 0.220 e. The molecule has 0 radical (unpaired) electrons. The number of rotatable bonds is 7. The highest BCUT2D eigenvalue weighted by atomic mass is 32.1. The average Bonchev–Trinajstić information content (AvgIpc) is 3.00. The van der Waals surface area contributed by atoms with Crippen LogP contribution in [0.2, 0.25) is 0 Å². The van der Waals surface area contributed by atoms with Crippen LogP contribution in [0.4, 0.5) is 0 Å². The van der Waals surface area contributed by atoms with Crippen molar-refractivity contribution in [2.75, 3.05) is 0 Å². The minimum absolute atomic E-state index is 0.0806. The third-order valence-electron chi connectivity index (χ3n) is 3.82. The van der Waals surface area contributed by atoms with Gasteiger partial charge in [-0.05, 0) is 23.5 Å². The first kappa shape index (κ1) is 17.7. The molecule has 0 spiro atoms. The van der Waals surface area contributed by atoms with Gasteiger partial charge in [0, 0.05) is 17.7 Å². The van der Waals surface area contributed by atoms with E-state index >= 15 is 0 Å². The molecule has 0 bridgehead atoms. The van der Waals surface area contributed by atoms with Crippen LogP contribution in [-0.2, 0) is 17.8 Å². The summed E-state index contributed by atoms with van der Waals surface area (Å²) in [6.45, 7) is 9.16. The molecule has 2 aromatic rings. The Morgan fingerprint density at radius 2 is 1.83 bits per heavy atom. The lowest BCUT2D eigenvalue weighted by atomic mass is 10.0. The Morgan fingerprint density at radius 1 is 1.13 bits per heavy atom. The fourth-order valence-corrected chi connectivity index (χ4v) is 3.11. The van der Waals surface area contributed by atoms with Gasteiger partial charge < -0.3 is 5.32 Å². The molecule has 1 amide bonds. The van der Waals surface area contributed by atoms with Crippen molar-refractivity contribution in [1.29, 1.82) is 0 Å². The third kappa shape index (κ3) is 5.47. The fourth-order valence-electron chi connectivity index (χ4n) is 2.27. The molecule has 1 N–H and O–H groups in total. The Kier molecular flexibility index (Phi) is 6.34. The predicted octanol–water partition coefficient (Wildman–Crippen LogP) is 4.64. The molecule has 2 rings (SSSR count). The molecular weight excluding hydrogens is 304 g/mol. The van der Waals surface area contributed by atoms with Crippen LogP contribution in [0.15, 0.2) is 29.6 Å². The molecule has 1 heterocycles. The van der Waals surface area contributed by atoms with E-state index in [4.69, 9.17) is 0 Å². The maximum atomic E-state index is 12.0. The van der Waals surface area contributed by atoms with Gasteiger partial charge in [0.1, 0.15) is 0 Å². The minimum Gasteiger partial charge on any atom is -0.350 e. The van der Waals surface area contributed by atoms with Crippen LogP contribution < -0.4 is 5.32 Å². The number of aryl methyl sites for hydroxylation is 1. The second-order valence-corrected chi connectivity index (χ2v) is 7.39. The Morgan fingerprint density at radius 3 is 2.39 bits per heavy atom. The summed E-state index contributed by atoms with van der Waals surface area (Å²) in [6, 6.07) is 8.55. The maximum absolute atomic E-state index is 12.0. The summed E-state index contributed by atoms with van der Waals surface area (Å²) in [7, 11) is 0. The van der Waals surface area contributed by atoms with Gasteiger partial charge >= 0.3 is 0 Å². The van der Waals surface area contributed by atoms with Crippen LogP contribution in [0.3, 0.4) is 0 Å². The first-order valence-corrected chi connectivity index (χ1v) is 9.13. The van der Waals surface area contributed by atoms with Gasteiger partial charge in [0.2, 0.25) is 5.91 Å². The second-order valence-electron chi connectivity index (χ2n) is 6.50. The highest BCUT2D eigenvalue weighted by molar-refractivity contribution is 7.09. The number of hydrogen-bond acceptors (Lipinski definition) is 3. The number of amides is 1. The van der Waals surface area contributed by atoms with Crippen LogP contribution in [0.25, 0.3) is 0 Å². The molecule has 0 aliphatic carbocycles. The minimum atomic E-state index is 0.0806. The van der Waals surface area contributed by atoms with E-state index in [1.165, 1.54) is 11.1 Å². The van der Waals surface area contributed by atoms with Crippen molar-refractivity contribution in [3.8, 4) is 0 Å². The Hall–Kier alpha value is -1.68. The Balaban J connectivity index is 1.76. The summed E-state index contributed by atoms with van der Waals surface area (Å²) in [5, 5.41) is 6.11. The predicted molar refractivity (Wildman–Crippen MR) is 96.9 cm³/mol. The quantitative estimate of drug-likeness (QED) is 0.803. The molecule has 1 aromatic heterocycles. The zero-order chi connectivity index (χ0) is 16.8. The van der Waals surface area contributed by atoms with Crippen LogP contribution in [0.1, 0.15) is 67.8 Å². The van der Waals surface area contributed by atoms with Crippen molar-refractivity contribution in [2.24, 2.45) is 0 Å². The lowest BCUT2D eigenvalue weighted by Gasteiger charge is -2.07. The SMILES string of the molecule is CC(C)c1ccc(CCC(=O)NCc2csc(C(C)C)n2)cc1. The molecule has 0 saturated carbocycles. The summed E-state index contributed by atoms with van der Waals surface area (Å²) in [5.74, 6) is 1.07. The van der Waals surface area contributed by atoms with Gasteiger partial charge in [0.25, 0.3) is 0 Å². The molecule has 0 unspecified atom stereocenters. The Labute approximate surface area is 143 Å². The molecule has 23 heavy (non-hydrogen) atoms. The largest absolute Gasteiger partial charge is 0.350 e. The third-order valence-corrected chi connectivity index (χ3v) is 5.01. The van der Waals surface area contributed by atoms with E-state index in [-0.39, 0.29) is 5.91 Å². The molecule has 1 aromatic carbocycles. The van der Waals surface area contributed by atoms with Gasteiger partial charge in [-0.1, -0.05) is 52.0 Å². The first-order chi connectivity index (χ1) is 11.0. The van der Waals surface area contributed by atoms with Crippen molar-refractivity contribution in [3.05, 3.63) is 51.5 Å². The normalized spacial score (nSPS) is 11.2. The number of nitrogens with zero attached hydrogens (tertiary/aromatic N) is 1. The molecule has 0 fully saturated rings. The topological polar surface area (TPSA) is 42.0 Å². The summed E-state index contributed by atoms with van der Waals surface area (Å²) in [6.07, 6.45) is 1.29. The number of aromatic nitrogens is 1.